The summed E-state index contributed by atoms with van der Waals surface area (Å²) in [5.41, 5.74) is 1.58. The highest BCUT2D eigenvalue weighted by Gasteiger charge is 2.28. The van der Waals surface area contributed by atoms with E-state index in [9.17, 15) is 0 Å². The van der Waals surface area contributed by atoms with Gasteiger partial charge in [-0.3, -0.25) is 0 Å². The molecule has 1 aliphatic carbocycles. The number of nitrogens with one attached hydrogen (secondary N) is 1. The summed E-state index contributed by atoms with van der Waals surface area (Å²) in [6.07, 6.45) is 8.87. The van der Waals surface area contributed by atoms with Crippen molar-refractivity contribution in [3.8, 4) is 0 Å². The van der Waals surface area contributed by atoms with Crippen LogP contribution < -0.4 is 5.32 Å². The highest BCUT2D eigenvalue weighted by molar-refractivity contribution is 5.05. The van der Waals surface area contributed by atoms with Gasteiger partial charge in [-0.25, -0.2) is 0 Å². The van der Waals surface area contributed by atoms with Crippen LogP contribution in [0, 0.1) is 5.92 Å². The van der Waals surface area contributed by atoms with Gasteiger partial charge in [0.25, 0.3) is 0 Å². The van der Waals surface area contributed by atoms with Crippen LogP contribution in [-0.2, 0) is 6.54 Å². The molecule has 1 heterocycles. The molecular weight excluding hydrogens is 186 g/mol. The van der Waals surface area contributed by atoms with Gasteiger partial charge in [-0.15, -0.1) is 0 Å². The minimum atomic E-state index is 0.337. The second-order valence-corrected chi connectivity index (χ2v) is 5.23. The third-order valence-electron chi connectivity index (χ3n) is 3.68. The molecule has 0 unspecified atom stereocenters. The van der Waals surface area contributed by atoms with Crippen molar-refractivity contribution in [1.82, 2.24) is 5.32 Å². The van der Waals surface area contributed by atoms with Gasteiger partial charge in [-0.2, -0.15) is 0 Å². The Morgan fingerprint density at radius 3 is 2.80 bits per heavy atom. The van der Waals surface area contributed by atoms with Gasteiger partial charge in [0.15, 0.2) is 0 Å². The third-order valence-corrected chi connectivity index (χ3v) is 3.68. The summed E-state index contributed by atoms with van der Waals surface area (Å²) < 4.78 is 5.06. The summed E-state index contributed by atoms with van der Waals surface area (Å²) in [7, 11) is 0. The number of hydrogen-bond donors (Lipinski definition) is 1. The summed E-state index contributed by atoms with van der Waals surface area (Å²) in [6.45, 7) is 5.63. The molecule has 1 saturated carbocycles. The summed E-state index contributed by atoms with van der Waals surface area (Å²) >= 11 is 0. The fourth-order valence-corrected chi connectivity index (χ4v) is 2.28. The molecule has 84 valence electrons. The fraction of sp³-hybridized carbons (Fsp3) is 0.692. The van der Waals surface area contributed by atoms with Crippen LogP contribution in [0.5, 0.6) is 0 Å². The highest BCUT2D eigenvalue weighted by Crippen LogP contribution is 2.31. The molecule has 0 aromatic carbocycles. The van der Waals surface area contributed by atoms with Crippen LogP contribution in [-0.4, -0.2) is 5.54 Å². The Balaban J connectivity index is 1.83. The minimum Gasteiger partial charge on any atom is -0.472 e. The van der Waals surface area contributed by atoms with Crippen molar-refractivity contribution in [1.29, 1.82) is 0 Å². The van der Waals surface area contributed by atoms with Crippen LogP contribution in [0.1, 0.15) is 45.1 Å². The Labute approximate surface area is 92.1 Å². The van der Waals surface area contributed by atoms with Gasteiger partial charge in [0, 0.05) is 17.6 Å². The topological polar surface area (TPSA) is 25.2 Å². The average Bonchev–Trinajstić information content (AvgIpc) is 2.73. The first-order valence-corrected chi connectivity index (χ1v) is 5.94. The number of furan rings is 1. The van der Waals surface area contributed by atoms with Gasteiger partial charge in [-0.1, -0.05) is 6.92 Å². The lowest BCUT2D eigenvalue weighted by Gasteiger charge is -2.37. The maximum atomic E-state index is 5.06. The Hall–Kier alpha value is -0.760. The average molecular weight is 207 g/mol. The van der Waals surface area contributed by atoms with Gasteiger partial charge in [0.2, 0.25) is 0 Å². The zero-order valence-electron chi connectivity index (χ0n) is 9.75. The second kappa shape index (κ2) is 4.40. The molecule has 0 radical (unpaired) electrons. The SMILES string of the molecule is CC1CCC(C)(NCc2ccoc2)CC1. The lowest BCUT2D eigenvalue weighted by molar-refractivity contribution is 0.212. The van der Waals surface area contributed by atoms with Crippen LogP contribution in [0.15, 0.2) is 23.0 Å². The van der Waals surface area contributed by atoms with Crippen molar-refractivity contribution in [2.75, 3.05) is 0 Å². The van der Waals surface area contributed by atoms with Crippen molar-refractivity contribution in [3.05, 3.63) is 24.2 Å². The molecule has 2 rings (SSSR count). The van der Waals surface area contributed by atoms with Gasteiger partial charge < -0.3 is 9.73 Å². The van der Waals surface area contributed by atoms with Crippen molar-refractivity contribution < 1.29 is 4.42 Å². The molecular formula is C13H21NO. The Kier molecular flexibility index (Phi) is 3.15. The minimum absolute atomic E-state index is 0.337. The van der Waals surface area contributed by atoms with Crippen molar-refractivity contribution in [3.63, 3.8) is 0 Å². The Bertz CT molecular complexity index is 283. The maximum Gasteiger partial charge on any atom is 0.0947 e. The zero-order chi connectivity index (χ0) is 10.7. The molecule has 2 nitrogen and oxygen atoms in total. The van der Waals surface area contributed by atoms with Gasteiger partial charge in [0.05, 0.1) is 12.5 Å². The lowest BCUT2D eigenvalue weighted by Crippen LogP contribution is -2.44. The van der Waals surface area contributed by atoms with Gasteiger partial charge in [0.1, 0.15) is 0 Å². The van der Waals surface area contributed by atoms with Crippen LogP contribution in [0.25, 0.3) is 0 Å². The zero-order valence-corrected chi connectivity index (χ0v) is 9.75. The predicted molar refractivity (Wildman–Crippen MR) is 61.6 cm³/mol. The molecule has 0 spiro atoms. The Morgan fingerprint density at radius 2 is 2.20 bits per heavy atom. The molecule has 1 aliphatic rings. The smallest absolute Gasteiger partial charge is 0.0947 e. The predicted octanol–water partition coefficient (Wildman–Crippen LogP) is 3.34. The van der Waals surface area contributed by atoms with E-state index in [1.54, 1.807) is 6.26 Å². The molecule has 0 aliphatic heterocycles. The summed E-state index contributed by atoms with van der Waals surface area (Å²) in [4.78, 5) is 0. The number of rotatable bonds is 3. The quantitative estimate of drug-likeness (QED) is 0.822. The molecule has 1 fully saturated rings. The molecule has 1 N–H and O–H groups in total. The molecule has 0 atom stereocenters. The van der Waals surface area contributed by atoms with E-state index in [1.165, 1.54) is 31.2 Å². The first-order chi connectivity index (χ1) is 7.18. The van der Waals surface area contributed by atoms with Crippen LogP contribution in [0.2, 0.25) is 0 Å². The maximum absolute atomic E-state index is 5.06. The normalized spacial score (nSPS) is 31.7. The van der Waals surface area contributed by atoms with Crippen LogP contribution in [0.3, 0.4) is 0 Å². The summed E-state index contributed by atoms with van der Waals surface area (Å²) in [5.74, 6) is 0.911. The summed E-state index contributed by atoms with van der Waals surface area (Å²) in [6, 6.07) is 2.03. The van der Waals surface area contributed by atoms with E-state index < -0.39 is 0 Å². The molecule has 2 heteroatoms. The van der Waals surface area contributed by atoms with Crippen LogP contribution >= 0.6 is 0 Å². The van der Waals surface area contributed by atoms with Gasteiger partial charge in [-0.05, 0) is 44.6 Å². The first kappa shape index (κ1) is 10.7. The van der Waals surface area contributed by atoms with Crippen molar-refractivity contribution in [2.45, 2.75) is 51.6 Å². The van der Waals surface area contributed by atoms with Crippen molar-refractivity contribution in [2.24, 2.45) is 5.92 Å². The standard InChI is InChI=1S/C13H21NO/c1-11-3-6-13(2,7-4-11)14-9-12-5-8-15-10-12/h5,8,10-11,14H,3-4,6-7,9H2,1-2H3. The third kappa shape index (κ3) is 2.85. The van der Waals surface area contributed by atoms with E-state index in [4.69, 9.17) is 4.42 Å². The largest absolute Gasteiger partial charge is 0.472 e. The van der Waals surface area contributed by atoms with Crippen LogP contribution in [0.4, 0.5) is 0 Å². The second-order valence-electron chi connectivity index (χ2n) is 5.23. The van der Waals surface area contributed by atoms with E-state index in [0.29, 0.717) is 5.54 Å². The van der Waals surface area contributed by atoms with E-state index in [1.807, 2.05) is 12.3 Å². The lowest BCUT2D eigenvalue weighted by atomic mass is 9.78. The Morgan fingerprint density at radius 1 is 1.47 bits per heavy atom. The monoisotopic (exact) mass is 207 g/mol. The van der Waals surface area contributed by atoms with Gasteiger partial charge >= 0.3 is 0 Å². The molecule has 1 aromatic heterocycles. The molecule has 0 saturated heterocycles. The van der Waals surface area contributed by atoms with Crippen molar-refractivity contribution >= 4 is 0 Å². The molecule has 1 aromatic rings. The molecule has 0 amide bonds. The highest BCUT2D eigenvalue weighted by atomic mass is 16.3. The summed E-state index contributed by atoms with van der Waals surface area (Å²) in [5, 5.41) is 3.66. The molecule has 0 bridgehead atoms. The number of hydrogen-bond acceptors (Lipinski definition) is 2. The van der Waals surface area contributed by atoms with E-state index in [-0.39, 0.29) is 0 Å². The first-order valence-electron chi connectivity index (χ1n) is 5.94. The van der Waals surface area contributed by atoms with E-state index in [2.05, 4.69) is 19.2 Å². The van der Waals surface area contributed by atoms with E-state index in [0.717, 1.165) is 12.5 Å². The fourth-order valence-electron chi connectivity index (χ4n) is 2.28. The molecule has 15 heavy (non-hydrogen) atoms. The van der Waals surface area contributed by atoms with E-state index >= 15 is 0 Å².